The van der Waals surface area contributed by atoms with E-state index in [1.807, 2.05) is 24.3 Å². The van der Waals surface area contributed by atoms with Crippen LogP contribution < -0.4 is 15.9 Å². The van der Waals surface area contributed by atoms with E-state index in [9.17, 15) is 0 Å². The van der Waals surface area contributed by atoms with Crippen molar-refractivity contribution >= 4 is 116 Å². The van der Waals surface area contributed by atoms with Gasteiger partial charge in [-0.15, -0.1) is 0 Å². The number of rotatable bonds is 3. The lowest BCUT2D eigenvalue weighted by Gasteiger charge is -2.25. The number of aromatic nitrogens is 3. The van der Waals surface area contributed by atoms with Gasteiger partial charge < -0.3 is 4.57 Å². The Hall–Kier alpha value is -6.87. The van der Waals surface area contributed by atoms with Gasteiger partial charge in [0.05, 0.1) is 33.0 Å². The van der Waals surface area contributed by atoms with Crippen molar-refractivity contribution in [2.75, 3.05) is 0 Å². The summed E-state index contributed by atoms with van der Waals surface area (Å²) >= 11 is 0. The molecule has 0 aliphatic heterocycles. The van der Waals surface area contributed by atoms with Crippen molar-refractivity contribution in [3.8, 4) is 0 Å². The summed E-state index contributed by atoms with van der Waals surface area (Å²) in [4.78, 5) is 10.7. The molecule has 0 N–H and O–H groups in total. The van der Waals surface area contributed by atoms with E-state index in [1.165, 1.54) is 10.8 Å². The summed E-state index contributed by atoms with van der Waals surface area (Å²) in [6.07, 6.45) is 0. The van der Waals surface area contributed by atoms with Gasteiger partial charge in [0.1, 0.15) is 5.65 Å². The Morgan fingerprint density at radius 1 is 0.400 bits per heavy atom. The number of pyridine rings is 2. The number of hydrogen-bond acceptors (Lipinski definition) is 3. The van der Waals surface area contributed by atoms with E-state index in [-0.39, 0.29) is 0 Å². The zero-order valence-electron chi connectivity index (χ0n) is 29.5. The Kier molecular flexibility index (Phi) is 6.29. The van der Waals surface area contributed by atoms with Gasteiger partial charge in [0.25, 0.3) is 0 Å². The van der Waals surface area contributed by atoms with E-state index in [0.717, 1.165) is 97.6 Å². The Labute approximate surface area is 315 Å². The molecule has 3 aromatic heterocycles. The van der Waals surface area contributed by atoms with Gasteiger partial charge in [0.15, 0.2) is 7.14 Å². The number of hydrogen-bond donors (Lipinski definition) is 0. The second kappa shape index (κ2) is 11.3. The summed E-state index contributed by atoms with van der Waals surface area (Å²) in [6, 6.07) is 63.2. The van der Waals surface area contributed by atoms with Gasteiger partial charge in [-0.1, -0.05) is 146 Å². The van der Waals surface area contributed by atoms with Gasteiger partial charge in [-0.2, -0.15) is 0 Å². The average Bonchev–Trinajstić information content (AvgIpc) is 3.65. The second-order valence-corrected chi connectivity index (χ2v) is 17.2. The summed E-state index contributed by atoms with van der Waals surface area (Å²) in [5.74, 6) is 0. The maximum absolute atomic E-state index is 17.5. The molecule has 3 heterocycles. The normalized spacial score (nSPS) is 13.3. The molecule has 256 valence electrons. The van der Waals surface area contributed by atoms with Crippen molar-refractivity contribution in [2.24, 2.45) is 0 Å². The Bertz CT molecular complexity index is 3660. The highest BCUT2D eigenvalue weighted by atomic mass is 31.2. The highest BCUT2D eigenvalue weighted by Gasteiger charge is 2.36. The molecule has 0 bridgehead atoms. The maximum atomic E-state index is 17.5. The van der Waals surface area contributed by atoms with E-state index in [2.05, 4.69) is 162 Å². The molecular formula is C50H30N3OP. The number of para-hydroxylation sites is 4. The number of benzene rings is 9. The molecule has 12 aromatic rings. The number of nitrogens with zero attached hydrogens (tertiary/aromatic N) is 3. The fraction of sp³-hybridized carbons (Fsp3) is 0. The largest absolute Gasteiger partial charge is 0.309 e. The molecule has 0 saturated heterocycles. The molecule has 0 radical (unpaired) electrons. The van der Waals surface area contributed by atoms with Gasteiger partial charge >= 0.3 is 0 Å². The van der Waals surface area contributed by atoms with Crippen LogP contribution in [0.3, 0.4) is 0 Å². The molecule has 5 heteroatoms. The van der Waals surface area contributed by atoms with Crippen LogP contribution in [0.25, 0.3) is 92.5 Å². The minimum atomic E-state index is -3.73. The van der Waals surface area contributed by atoms with Gasteiger partial charge in [-0.3, -0.25) is 4.40 Å². The number of fused-ring (bicyclic) bond motifs is 15. The first-order chi connectivity index (χ1) is 27.1. The highest BCUT2D eigenvalue weighted by Crippen LogP contribution is 2.49. The third-order valence-corrected chi connectivity index (χ3v) is 14.7. The fourth-order valence-electron chi connectivity index (χ4n) is 9.02. The number of imidazole rings is 1. The zero-order chi connectivity index (χ0) is 36.3. The van der Waals surface area contributed by atoms with Crippen molar-refractivity contribution in [3.05, 3.63) is 182 Å². The second-order valence-electron chi connectivity index (χ2n) is 14.5. The standard InChI is InChI=1S/C50H30N3OP/c54-55(35-27-28-39-34(29-35)24-23-31-11-1-3-13-37(31)39,36-26-25-33-22-21-32-12-2-4-14-38(32)42(33)30-36)49-40-15-5-7-17-43(40)51-48-41-16-6-9-19-45(41)53-46-20-10-8-18-44(46)52-50(53)47(48)49/h1-30H. The van der Waals surface area contributed by atoms with E-state index in [1.54, 1.807) is 0 Å². The Morgan fingerprint density at radius 2 is 0.927 bits per heavy atom. The van der Waals surface area contributed by atoms with Crippen LogP contribution in [0.15, 0.2) is 182 Å². The Morgan fingerprint density at radius 3 is 1.71 bits per heavy atom. The van der Waals surface area contributed by atoms with E-state index in [0.29, 0.717) is 0 Å². The molecule has 4 nitrogen and oxygen atoms in total. The third-order valence-electron chi connectivity index (χ3n) is 11.6. The van der Waals surface area contributed by atoms with Crippen LogP contribution in [0.2, 0.25) is 0 Å². The van der Waals surface area contributed by atoms with Crippen LogP contribution in [0.4, 0.5) is 0 Å². The minimum Gasteiger partial charge on any atom is -0.309 e. The SMILES string of the molecule is O=P(c1ccc2c(ccc3ccccc32)c1)(c1ccc2ccc3ccccc3c2c1)c1c2ccccc2nc2c3ccccc3n3c4ccccc4nc3c12. The molecule has 0 aliphatic carbocycles. The molecular weight excluding hydrogens is 690 g/mol. The van der Waals surface area contributed by atoms with E-state index in [4.69, 9.17) is 9.97 Å². The minimum absolute atomic E-state index is 0.751. The third kappa shape index (κ3) is 4.26. The van der Waals surface area contributed by atoms with Crippen LogP contribution in [0.5, 0.6) is 0 Å². The van der Waals surface area contributed by atoms with E-state index >= 15 is 4.57 Å². The smallest absolute Gasteiger partial charge is 0.172 e. The first-order valence-electron chi connectivity index (χ1n) is 18.6. The average molecular weight is 720 g/mol. The van der Waals surface area contributed by atoms with Crippen LogP contribution in [0.1, 0.15) is 0 Å². The summed E-state index contributed by atoms with van der Waals surface area (Å²) in [7, 11) is -3.73. The van der Waals surface area contributed by atoms with Crippen molar-refractivity contribution in [2.45, 2.75) is 0 Å². The predicted molar refractivity (Wildman–Crippen MR) is 232 cm³/mol. The molecule has 1 unspecified atom stereocenters. The van der Waals surface area contributed by atoms with Crippen LogP contribution >= 0.6 is 7.14 Å². The molecule has 0 amide bonds. The van der Waals surface area contributed by atoms with Gasteiger partial charge in [-0.05, 0) is 79.5 Å². The molecule has 1 atom stereocenters. The van der Waals surface area contributed by atoms with Crippen molar-refractivity contribution < 1.29 is 4.57 Å². The topological polar surface area (TPSA) is 47.3 Å². The first-order valence-corrected chi connectivity index (χ1v) is 20.3. The molecule has 0 saturated carbocycles. The molecule has 55 heavy (non-hydrogen) atoms. The molecule has 0 spiro atoms. The molecule has 9 aromatic carbocycles. The van der Waals surface area contributed by atoms with Crippen LogP contribution in [-0.2, 0) is 4.57 Å². The lowest BCUT2D eigenvalue weighted by Crippen LogP contribution is -2.27. The quantitative estimate of drug-likeness (QED) is 0.104. The maximum Gasteiger partial charge on any atom is 0.172 e. The summed E-state index contributed by atoms with van der Waals surface area (Å²) in [5.41, 5.74) is 5.24. The van der Waals surface area contributed by atoms with Gasteiger partial charge in [-0.25, -0.2) is 9.97 Å². The first kappa shape index (κ1) is 30.6. The zero-order valence-corrected chi connectivity index (χ0v) is 30.4. The van der Waals surface area contributed by atoms with Gasteiger partial charge in [0.2, 0.25) is 0 Å². The fourth-order valence-corrected chi connectivity index (χ4v) is 12.1. The van der Waals surface area contributed by atoms with Crippen molar-refractivity contribution in [3.63, 3.8) is 0 Å². The molecule has 12 rings (SSSR count). The lowest BCUT2D eigenvalue weighted by atomic mass is 10.0. The van der Waals surface area contributed by atoms with Crippen molar-refractivity contribution in [1.29, 1.82) is 0 Å². The Balaban J connectivity index is 1.31. The molecule has 0 aliphatic rings. The van der Waals surface area contributed by atoms with E-state index < -0.39 is 7.14 Å². The van der Waals surface area contributed by atoms with Crippen molar-refractivity contribution in [1.82, 2.24) is 14.4 Å². The predicted octanol–water partition coefficient (Wildman–Crippen LogP) is 11.6. The monoisotopic (exact) mass is 719 g/mol. The van der Waals surface area contributed by atoms with Gasteiger partial charge in [0, 0.05) is 26.7 Å². The summed E-state index contributed by atoms with van der Waals surface area (Å²) in [5, 5.41) is 14.0. The highest BCUT2D eigenvalue weighted by molar-refractivity contribution is 7.86. The summed E-state index contributed by atoms with van der Waals surface area (Å²) < 4.78 is 19.7. The molecule has 0 fully saturated rings. The van der Waals surface area contributed by atoms with Crippen LogP contribution in [0, 0.1) is 0 Å². The summed E-state index contributed by atoms with van der Waals surface area (Å²) in [6.45, 7) is 0. The lowest BCUT2D eigenvalue weighted by molar-refractivity contribution is 0.593. The van der Waals surface area contributed by atoms with Crippen LogP contribution in [-0.4, -0.2) is 14.4 Å².